The molecule has 5 nitrogen and oxygen atoms in total. The lowest BCUT2D eigenvalue weighted by molar-refractivity contribution is 0.140. The lowest BCUT2D eigenvalue weighted by atomic mass is 10.2. The number of rotatable bonds is 3. The van der Waals surface area contributed by atoms with E-state index < -0.39 is 24.1 Å². The van der Waals surface area contributed by atoms with Gasteiger partial charge in [0, 0.05) is 13.0 Å². The minimum Gasteiger partial charge on any atom is -0.465 e. The predicted octanol–water partition coefficient (Wildman–Crippen LogP) is 1.91. The Morgan fingerprint density at radius 3 is 2.95 bits per heavy atom. The van der Waals surface area contributed by atoms with Gasteiger partial charge in [0.1, 0.15) is 12.0 Å². The summed E-state index contributed by atoms with van der Waals surface area (Å²) in [6.45, 7) is 0.128. The van der Waals surface area contributed by atoms with Crippen LogP contribution in [0.1, 0.15) is 6.42 Å². The molecule has 1 aliphatic heterocycles. The zero-order chi connectivity index (χ0) is 14.0. The number of nitrogen functional groups attached to an aromatic ring is 1. The third kappa shape index (κ3) is 3.04. The van der Waals surface area contributed by atoms with Crippen molar-refractivity contribution in [2.45, 2.75) is 18.6 Å². The molecule has 0 spiro atoms. The second kappa shape index (κ2) is 5.29. The maximum Gasteiger partial charge on any atom is 0.407 e. The summed E-state index contributed by atoms with van der Waals surface area (Å²) in [6, 6.07) is 3.44. The van der Waals surface area contributed by atoms with Crippen LogP contribution in [-0.4, -0.2) is 41.4 Å². The number of hydrogen-bond donors (Lipinski definition) is 3. The van der Waals surface area contributed by atoms with Gasteiger partial charge in [0.05, 0.1) is 24.0 Å². The molecule has 7 heteroatoms. The van der Waals surface area contributed by atoms with Crippen LogP contribution in [-0.2, 0) is 0 Å². The first-order chi connectivity index (χ1) is 8.97. The molecule has 2 atom stereocenters. The van der Waals surface area contributed by atoms with Gasteiger partial charge < -0.3 is 21.1 Å². The SMILES string of the molecule is Nc1cc(F)ccc1NC[C@@H]1CC(F)CN1C(=O)O. The smallest absolute Gasteiger partial charge is 0.407 e. The van der Waals surface area contributed by atoms with Gasteiger partial charge in [-0.25, -0.2) is 13.6 Å². The molecule has 1 amide bonds. The molecule has 0 aromatic heterocycles. The van der Waals surface area contributed by atoms with Crippen molar-refractivity contribution in [1.29, 1.82) is 0 Å². The van der Waals surface area contributed by atoms with Crippen molar-refractivity contribution in [3.63, 3.8) is 0 Å². The van der Waals surface area contributed by atoms with Gasteiger partial charge in [-0.1, -0.05) is 0 Å². The van der Waals surface area contributed by atoms with Gasteiger partial charge in [0.15, 0.2) is 0 Å². The van der Waals surface area contributed by atoms with Gasteiger partial charge in [0.25, 0.3) is 0 Å². The van der Waals surface area contributed by atoms with Crippen LogP contribution in [0.25, 0.3) is 0 Å². The highest BCUT2D eigenvalue weighted by Gasteiger charge is 2.35. The van der Waals surface area contributed by atoms with Crippen molar-refractivity contribution in [2.75, 3.05) is 24.1 Å². The molecule has 0 saturated carbocycles. The molecule has 4 N–H and O–H groups in total. The Bertz CT molecular complexity index is 484. The number of nitrogens with two attached hydrogens (primary N) is 1. The van der Waals surface area contributed by atoms with E-state index in [9.17, 15) is 13.6 Å². The molecule has 1 unspecified atom stereocenters. The molecule has 104 valence electrons. The average molecular weight is 271 g/mol. The Labute approximate surface area is 109 Å². The van der Waals surface area contributed by atoms with Crippen LogP contribution in [0.3, 0.4) is 0 Å². The summed E-state index contributed by atoms with van der Waals surface area (Å²) >= 11 is 0. The number of carbonyl (C=O) groups is 1. The lowest BCUT2D eigenvalue weighted by Crippen LogP contribution is -2.38. The Kier molecular flexibility index (Phi) is 3.73. The van der Waals surface area contributed by atoms with Crippen LogP contribution in [0, 0.1) is 5.82 Å². The van der Waals surface area contributed by atoms with Gasteiger partial charge in [0.2, 0.25) is 0 Å². The minimum atomic E-state index is -1.14. The van der Waals surface area contributed by atoms with E-state index in [0.717, 1.165) is 4.90 Å². The molecule has 1 aromatic rings. The second-order valence-corrected chi connectivity index (χ2v) is 4.53. The number of alkyl halides is 1. The van der Waals surface area contributed by atoms with Gasteiger partial charge in [-0.15, -0.1) is 0 Å². The third-order valence-corrected chi connectivity index (χ3v) is 3.15. The zero-order valence-corrected chi connectivity index (χ0v) is 10.1. The maximum absolute atomic E-state index is 13.2. The fraction of sp³-hybridized carbons (Fsp3) is 0.417. The number of benzene rings is 1. The molecule has 2 rings (SSSR count). The fourth-order valence-electron chi connectivity index (χ4n) is 2.21. The molecule has 1 fully saturated rings. The summed E-state index contributed by atoms with van der Waals surface area (Å²) in [4.78, 5) is 12.0. The summed E-state index contributed by atoms with van der Waals surface area (Å²) < 4.78 is 26.1. The van der Waals surface area contributed by atoms with E-state index >= 15 is 0 Å². The van der Waals surface area contributed by atoms with Crippen LogP contribution in [0.2, 0.25) is 0 Å². The number of nitrogens with one attached hydrogen (secondary N) is 1. The number of halogens is 2. The Balaban J connectivity index is 1.99. The summed E-state index contributed by atoms with van der Waals surface area (Å²) in [5.41, 5.74) is 6.36. The summed E-state index contributed by atoms with van der Waals surface area (Å²) in [6.07, 6.45) is -2.13. The normalized spacial score (nSPS) is 22.5. The zero-order valence-electron chi connectivity index (χ0n) is 10.1. The van der Waals surface area contributed by atoms with Crippen molar-refractivity contribution in [3.05, 3.63) is 24.0 Å². The van der Waals surface area contributed by atoms with E-state index in [-0.39, 0.29) is 25.2 Å². The van der Waals surface area contributed by atoms with Crippen molar-refractivity contribution in [2.24, 2.45) is 0 Å². The largest absolute Gasteiger partial charge is 0.465 e. The first-order valence-electron chi connectivity index (χ1n) is 5.90. The summed E-state index contributed by atoms with van der Waals surface area (Å²) in [7, 11) is 0. The number of likely N-dealkylation sites (tertiary alicyclic amines) is 1. The highest BCUT2D eigenvalue weighted by Crippen LogP contribution is 2.23. The second-order valence-electron chi connectivity index (χ2n) is 4.53. The molecule has 1 aliphatic rings. The van der Waals surface area contributed by atoms with E-state index in [4.69, 9.17) is 10.8 Å². The summed E-state index contributed by atoms with van der Waals surface area (Å²) in [5, 5.41) is 11.9. The van der Waals surface area contributed by atoms with Crippen LogP contribution in [0.5, 0.6) is 0 Å². The number of hydrogen-bond acceptors (Lipinski definition) is 3. The maximum atomic E-state index is 13.2. The Morgan fingerprint density at radius 2 is 2.32 bits per heavy atom. The molecule has 0 aliphatic carbocycles. The van der Waals surface area contributed by atoms with Crippen molar-refractivity contribution < 1.29 is 18.7 Å². The highest BCUT2D eigenvalue weighted by molar-refractivity contribution is 5.67. The van der Waals surface area contributed by atoms with E-state index in [0.29, 0.717) is 5.69 Å². The van der Waals surface area contributed by atoms with Gasteiger partial charge in [-0.3, -0.25) is 0 Å². The molecular weight excluding hydrogens is 256 g/mol. The summed E-state index contributed by atoms with van der Waals surface area (Å²) in [5.74, 6) is -0.445. The molecule has 1 heterocycles. The number of amides is 1. The monoisotopic (exact) mass is 271 g/mol. The van der Waals surface area contributed by atoms with Crippen molar-refractivity contribution in [1.82, 2.24) is 4.90 Å². The van der Waals surface area contributed by atoms with Crippen molar-refractivity contribution in [3.8, 4) is 0 Å². The number of anilines is 2. The molecule has 19 heavy (non-hydrogen) atoms. The van der Waals surface area contributed by atoms with Crippen molar-refractivity contribution >= 4 is 17.5 Å². The predicted molar refractivity (Wildman–Crippen MR) is 67.3 cm³/mol. The Morgan fingerprint density at radius 1 is 1.58 bits per heavy atom. The topological polar surface area (TPSA) is 78.6 Å². The average Bonchev–Trinajstić information content (AvgIpc) is 2.69. The van der Waals surface area contributed by atoms with E-state index in [1.54, 1.807) is 0 Å². The van der Waals surface area contributed by atoms with Crippen LogP contribution in [0.4, 0.5) is 25.0 Å². The number of carboxylic acid groups (broad SMARTS) is 1. The molecule has 0 radical (unpaired) electrons. The minimum absolute atomic E-state index is 0.111. The van der Waals surface area contributed by atoms with Crippen LogP contribution in [0.15, 0.2) is 18.2 Å². The van der Waals surface area contributed by atoms with Crippen LogP contribution < -0.4 is 11.1 Å². The highest BCUT2D eigenvalue weighted by atomic mass is 19.1. The first-order valence-corrected chi connectivity index (χ1v) is 5.90. The van der Waals surface area contributed by atoms with E-state index in [1.807, 2.05) is 0 Å². The first kappa shape index (κ1) is 13.4. The van der Waals surface area contributed by atoms with Gasteiger partial charge in [-0.2, -0.15) is 0 Å². The van der Waals surface area contributed by atoms with E-state index in [2.05, 4.69) is 5.32 Å². The fourth-order valence-corrected chi connectivity index (χ4v) is 2.21. The molecule has 1 saturated heterocycles. The number of nitrogens with zero attached hydrogens (tertiary/aromatic N) is 1. The molecule has 1 aromatic carbocycles. The molecule has 0 bridgehead atoms. The van der Waals surface area contributed by atoms with Gasteiger partial charge in [-0.05, 0) is 18.2 Å². The van der Waals surface area contributed by atoms with E-state index in [1.165, 1.54) is 18.2 Å². The van der Waals surface area contributed by atoms with Gasteiger partial charge >= 0.3 is 6.09 Å². The quantitative estimate of drug-likeness (QED) is 0.734. The molecular formula is C12H15F2N3O2. The third-order valence-electron chi connectivity index (χ3n) is 3.15. The Hall–Kier alpha value is -2.05. The standard InChI is InChI=1S/C12H15F2N3O2/c13-7-1-2-11(10(15)4-7)16-5-9-3-8(14)6-17(9)12(18)19/h1-2,4,8-9,16H,3,5-6,15H2,(H,18,19)/t8?,9-/m0/s1. The lowest BCUT2D eigenvalue weighted by Gasteiger charge is -2.22. The van der Waals surface area contributed by atoms with Crippen LogP contribution >= 0.6 is 0 Å².